The Morgan fingerprint density at radius 3 is 2.79 bits per heavy atom. The molecule has 0 saturated carbocycles. The number of alkyl halides is 1. The largest absolute Gasteiger partial charge is 0.495 e. The number of ether oxygens (including phenoxy) is 1. The van der Waals surface area contributed by atoms with Crippen molar-refractivity contribution in [3.63, 3.8) is 0 Å². The van der Waals surface area contributed by atoms with Crippen molar-refractivity contribution in [3.05, 3.63) is 48.7 Å². The summed E-state index contributed by atoms with van der Waals surface area (Å²) in [6.45, 7) is 3.55. The molecule has 4 heterocycles. The second-order valence-electron chi connectivity index (χ2n) is 6.72. The lowest BCUT2D eigenvalue weighted by Gasteiger charge is -2.06. The summed E-state index contributed by atoms with van der Waals surface area (Å²) in [4.78, 5) is 8.86. The van der Waals surface area contributed by atoms with Gasteiger partial charge in [-0.15, -0.1) is 0 Å². The summed E-state index contributed by atoms with van der Waals surface area (Å²) in [6, 6.07) is 3.76. The van der Waals surface area contributed by atoms with Gasteiger partial charge in [-0.1, -0.05) is 0 Å². The molecule has 0 aliphatic rings. The molecule has 0 amide bonds. The highest BCUT2D eigenvalue weighted by Gasteiger charge is 2.16. The molecule has 0 aromatic carbocycles. The molecule has 0 aliphatic carbocycles. The number of methoxy groups -OCH3 is 1. The van der Waals surface area contributed by atoms with Gasteiger partial charge in [0.25, 0.3) is 0 Å². The highest BCUT2D eigenvalue weighted by Crippen LogP contribution is 2.34. The maximum Gasteiger partial charge on any atom is 0.205 e. The van der Waals surface area contributed by atoms with Crippen LogP contribution < -0.4 is 4.74 Å². The quantitative estimate of drug-likeness (QED) is 0.571. The fraction of sp³-hybridized carbons (Fsp3) is 0.250. The Morgan fingerprint density at radius 2 is 2.04 bits per heavy atom. The number of aromatic hydroxyl groups is 1. The van der Waals surface area contributed by atoms with E-state index < -0.39 is 6.17 Å². The highest BCUT2D eigenvalue weighted by atomic mass is 19.1. The van der Waals surface area contributed by atoms with Gasteiger partial charge < -0.3 is 9.84 Å². The van der Waals surface area contributed by atoms with Crippen LogP contribution in [0.15, 0.2) is 43.1 Å². The fourth-order valence-electron chi connectivity index (χ4n) is 3.24. The van der Waals surface area contributed by atoms with Crippen molar-refractivity contribution < 1.29 is 14.2 Å². The average Bonchev–Trinajstić information content (AvgIpc) is 3.25. The summed E-state index contributed by atoms with van der Waals surface area (Å²) in [5.41, 5.74) is 3.71. The van der Waals surface area contributed by atoms with Crippen molar-refractivity contribution in [1.29, 1.82) is 0 Å². The number of aromatic nitrogens is 5. The monoisotopic (exact) mass is 381 g/mol. The van der Waals surface area contributed by atoms with Crippen LogP contribution in [0.1, 0.15) is 12.5 Å². The third-order valence-corrected chi connectivity index (χ3v) is 4.53. The number of rotatable bonds is 5. The zero-order valence-corrected chi connectivity index (χ0v) is 15.8. The van der Waals surface area contributed by atoms with Crippen molar-refractivity contribution in [2.75, 3.05) is 7.11 Å². The van der Waals surface area contributed by atoms with Gasteiger partial charge in [0.15, 0.2) is 0 Å². The number of pyridine rings is 2. The number of nitrogens with zero attached hydrogens (tertiary/aromatic N) is 5. The van der Waals surface area contributed by atoms with Crippen molar-refractivity contribution in [1.82, 2.24) is 24.3 Å². The lowest BCUT2D eigenvalue weighted by Crippen LogP contribution is -2.07. The van der Waals surface area contributed by atoms with E-state index in [2.05, 4.69) is 15.1 Å². The standard InChI is InChI=1S/C20H20FN5O2/c1-12-4-17(14-5-16(28-3)8-22-6-14)24-18-11-26(20(27)19(12)18)15-7-23-25(10-15)9-13(2)21/h4-8,10-11,13,27H,9H2,1-3H3/t13-/m0/s1. The van der Waals surface area contributed by atoms with E-state index in [1.54, 1.807) is 42.7 Å². The predicted octanol–water partition coefficient (Wildman–Crippen LogP) is 3.66. The molecule has 0 aliphatic heterocycles. The molecule has 4 aromatic rings. The molecule has 0 bridgehead atoms. The van der Waals surface area contributed by atoms with Gasteiger partial charge in [-0.05, 0) is 31.5 Å². The molecule has 0 saturated heterocycles. The lowest BCUT2D eigenvalue weighted by molar-refractivity contribution is 0.309. The topological polar surface area (TPSA) is 78.0 Å². The van der Waals surface area contributed by atoms with Gasteiger partial charge in [0.2, 0.25) is 5.88 Å². The van der Waals surface area contributed by atoms with E-state index in [1.165, 1.54) is 11.6 Å². The maximum atomic E-state index is 13.2. The first kappa shape index (κ1) is 18.0. The maximum absolute atomic E-state index is 13.2. The minimum absolute atomic E-state index is 0.0724. The number of hydrogen-bond acceptors (Lipinski definition) is 5. The highest BCUT2D eigenvalue weighted by molar-refractivity contribution is 5.90. The van der Waals surface area contributed by atoms with E-state index in [-0.39, 0.29) is 12.4 Å². The van der Waals surface area contributed by atoms with Crippen LogP contribution in [0, 0.1) is 6.92 Å². The smallest absolute Gasteiger partial charge is 0.205 e. The third-order valence-electron chi connectivity index (χ3n) is 4.53. The van der Waals surface area contributed by atoms with Gasteiger partial charge in [0.1, 0.15) is 11.9 Å². The zero-order chi connectivity index (χ0) is 19.8. The Kier molecular flexibility index (Phi) is 4.46. The third kappa shape index (κ3) is 3.17. The summed E-state index contributed by atoms with van der Waals surface area (Å²) < 4.78 is 21.6. The molecule has 4 rings (SSSR count). The lowest BCUT2D eigenvalue weighted by atomic mass is 10.1. The molecule has 28 heavy (non-hydrogen) atoms. The minimum atomic E-state index is -1.01. The molecule has 144 valence electrons. The van der Waals surface area contributed by atoms with E-state index >= 15 is 0 Å². The Bertz CT molecular complexity index is 1150. The van der Waals surface area contributed by atoms with Crippen LogP contribution in [0.25, 0.3) is 27.8 Å². The molecular formula is C20H20FN5O2. The van der Waals surface area contributed by atoms with Crippen LogP contribution in [0.3, 0.4) is 0 Å². The van der Waals surface area contributed by atoms with Gasteiger partial charge in [0.05, 0.1) is 48.3 Å². The number of aryl methyl sites for hydroxylation is 1. The first-order valence-electron chi connectivity index (χ1n) is 8.84. The van der Waals surface area contributed by atoms with Crippen LogP contribution >= 0.6 is 0 Å². The SMILES string of the molecule is COc1cncc(-c2cc(C)c3c(O)n(-c4cnn(C[C@H](C)F)c4)cc3n2)c1. The second kappa shape index (κ2) is 6.95. The van der Waals surface area contributed by atoms with E-state index in [0.717, 1.165) is 16.8 Å². The second-order valence-corrected chi connectivity index (χ2v) is 6.72. The van der Waals surface area contributed by atoms with Gasteiger partial charge in [0, 0.05) is 24.2 Å². The number of halogens is 1. The van der Waals surface area contributed by atoms with Gasteiger partial charge in [-0.2, -0.15) is 5.10 Å². The number of hydrogen-bond donors (Lipinski definition) is 1. The fourth-order valence-corrected chi connectivity index (χ4v) is 3.24. The van der Waals surface area contributed by atoms with E-state index in [4.69, 9.17) is 4.74 Å². The minimum Gasteiger partial charge on any atom is -0.495 e. The van der Waals surface area contributed by atoms with Crippen molar-refractivity contribution in [2.24, 2.45) is 0 Å². The molecule has 8 heteroatoms. The summed E-state index contributed by atoms with van der Waals surface area (Å²) in [5.74, 6) is 0.718. The van der Waals surface area contributed by atoms with Crippen LogP contribution in [0.4, 0.5) is 4.39 Å². The van der Waals surface area contributed by atoms with Crippen LogP contribution in [0.2, 0.25) is 0 Å². The Morgan fingerprint density at radius 1 is 1.21 bits per heavy atom. The molecule has 1 atom stereocenters. The molecular weight excluding hydrogens is 361 g/mol. The first-order chi connectivity index (χ1) is 13.5. The summed E-state index contributed by atoms with van der Waals surface area (Å²) in [5, 5.41) is 15.5. The average molecular weight is 381 g/mol. The molecule has 7 nitrogen and oxygen atoms in total. The normalized spacial score (nSPS) is 12.4. The van der Waals surface area contributed by atoms with Crippen LogP contribution in [-0.2, 0) is 6.54 Å². The summed E-state index contributed by atoms with van der Waals surface area (Å²) >= 11 is 0. The Balaban J connectivity index is 1.80. The molecule has 4 aromatic heterocycles. The van der Waals surface area contributed by atoms with Gasteiger partial charge in [-0.3, -0.25) is 14.2 Å². The van der Waals surface area contributed by atoms with E-state index in [0.29, 0.717) is 22.3 Å². The van der Waals surface area contributed by atoms with Crippen LogP contribution in [-0.4, -0.2) is 42.7 Å². The molecule has 0 radical (unpaired) electrons. The van der Waals surface area contributed by atoms with Crippen molar-refractivity contribution >= 4 is 10.9 Å². The van der Waals surface area contributed by atoms with Crippen molar-refractivity contribution in [3.8, 4) is 28.6 Å². The summed E-state index contributed by atoms with van der Waals surface area (Å²) in [6.07, 6.45) is 7.37. The van der Waals surface area contributed by atoms with Gasteiger partial charge in [-0.25, -0.2) is 9.37 Å². The molecule has 0 spiro atoms. The zero-order valence-electron chi connectivity index (χ0n) is 15.8. The van der Waals surface area contributed by atoms with Crippen LogP contribution in [0.5, 0.6) is 11.6 Å². The summed E-state index contributed by atoms with van der Waals surface area (Å²) in [7, 11) is 1.59. The molecule has 1 N–H and O–H groups in total. The number of fused-ring (bicyclic) bond motifs is 1. The predicted molar refractivity (Wildman–Crippen MR) is 104 cm³/mol. The van der Waals surface area contributed by atoms with Gasteiger partial charge >= 0.3 is 0 Å². The molecule has 0 fully saturated rings. The molecule has 0 unspecified atom stereocenters. The Labute approximate surface area is 161 Å². The Hall–Kier alpha value is -3.42. The first-order valence-corrected chi connectivity index (χ1v) is 8.84. The van der Waals surface area contributed by atoms with Crippen molar-refractivity contribution in [2.45, 2.75) is 26.6 Å². The van der Waals surface area contributed by atoms with E-state index in [1.807, 2.05) is 19.1 Å². The van der Waals surface area contributed by atoms with E-state index in [9.17, 15) is 9.50 Å².